The third-order valence-corrected chi connectivity index (χ3v) is 5.96. The van der Waals surface area contributed by atoms with Gasteiger partial charge in [0.15, 0.2) is 5.13 Å². The Labute approximate surface area is 141 Å². The van der Waals surface area contributed by atoms with Gasteiger partial charge in [-0.25, -0.2) is 9.97 Å². The highest BCUT2D eigenvalue weighted by atomic mass is 32.1. The van der Waals surface area contributed by atoms with E-state index < -0.39 is 0 Å². The number of rotatable bonds is 4. The first kappa shape index (κ1) is 14.8. The van der Waals surface area contributed by atoms with E-state index in [0.29, 0.717) is 11.7 Å². The maximum atomic E-state index is 12.8. The zero-order chi connectivity index (χ0) is 15.8. The third-order valence-electron chi connectivity index (χ3n) is 4.10. The Hall–Kier alpha value is -1.77. The largest absolute Gasteiger partial charge is 0.375 e. The number of aromatic nitrogens is 3. The van der Waals surface area contributed by atoms with E-state index in [1.807, 2.05) is 5.38 Å². The number of anilines is 1. The van der Waals surface area contributed by atoms with Crippen molar-refractivity contribution in [1.29, 1.82) is 0 Å². The van der Waals surface area contributed by atoms with Gasteiger partial charge >= 0.3 is 0 Å². The summed E-state index contributed by atoms with van der Waals surface area (Å²) in [7, 11) is 0. The molecule has 0 unspecified atom stereocenters. The second-order valence-electron chi connectivity index (χ2n) is 5.63. The molecule has 0 atom stereocenters. The van der Waals surface area contributed by atoms with Crippen LogP contribution in [0.5, 0.6) is 0 Å². The molecule has 8 heteroatoms. The standard InChI is InChI=1S/C15H17N5OS2/c16-15-19-9(7-22-15)2-1-5-20-8-18-13-12(14(20)21)10-3-4-17-6-11(10)23-13/h7-8,17H,1-6H2,(H2,16,19). The summed E-state index contributed by atoms with van der Waals surface area (Å²) < 4.78 is 1.73. The van der Waals surface area contributed by atoms with E-state index in [1.54, 1.807) is 22.2 Å². The van der Waals surface area contributed by atoms with Crippen molar-refractivity contribution in [3.05, 3.63) is 38.2 Å². The minimum absolute atomic E-state index is 0.0900. The van der Waals surface area contributed by atoms with Crippen LogP contribution >= 0.6 is 22.7 Å². The second kappa shape index (κ2) is 6.03. The summed E-state index contributed by atoms with van der Waals surface area (Å²) in [6.45, 7) is 2.43. The van der Waals surface area contributed by atoms with Gasteiger partial charge < -0.3 is 11.1 Å². The molecule has 3 N–H and O–H groups in total. The Morgan fingerprint density at radius 1 is 1.43 bits per heavy atom. The lowest BCUT2D eigenvalue weighted by molar-refractivity contribution is 0.613. The van der Waals surface area contributed by atoms with E-state index in [-0.39, 0.29) is 5.56 Å². The van der Waals surface area contributed by atoms with E-state index in [2.05, 4.69) is 15.3 Å². The highest BCUT2D eigenvalue weighted by Crippen LogP contribution is 2.29. The van der Waals surface area contributed by atoms with Crippen LogP contribution in [0.15, 0.2) is 16.5 Å². The predicted molar refractivity (Wildman–Crippen MR) is 94.1 cm³/mol. The number of nitrogens with zero attached hydrogens (tertiary/aromatic N) is 3. The summed E-state index contributed by atoms with van der Waals surface area (Å²) in [6, 6.07) is 0. The van der Waals surface area contributed by atoms with Crippen molar-refractivity contribution in [1.82, 2.24) is 19.9 Å². The Morgan fingerprint density at radius 3 is 3.17 bits per heavy atom. The molecule has 0 radical (unpaired) electrons. The number of thiophene rings is 1. The predicted octanol–water partition coefficient (Wildman–Crippen LogP) is 1.78. The molecule has 23 heavy (non-hydrogen) atoms. The average Bonchev–Trinajstić information content (AvgIpc) is 3.13. The van der Waals surface area contributed by atoms with E-state index in [1.165, 1.54) is 21.8 Å². The first-order valence-corrected chi connectivity index (χ1v) is 9.32. The summed E-state index contributed by atoms with van der Waals surface area (Å²) in [5, 5.41) is 6.74. The highest BCUT2D eigenvalue weighted by Gasteiger charge is 2.19. The topological polar surface area (TPSA) is 85.8 Å². The van der Waals surface area contributed by atoms with Crippen LogP contribution in [0.4, 0.5) is 5.13 Å². The summed E-state index contributed by atoms with van der Waals surface area (Å²) >= 11 is 3.09. The van der Waals surface area contributed by atoms with Gasteiger partial charge in [0.1, 0.15) is 4.83 Å². The Morgan fingerprint density at radius 2 is 2.35 bits per heavy atom. The monoisotopic (exact) mass is 347 g/mol. The Kier molecular flexibility index (Phi) is 3.88. The second-order valence-corrected chi connectivity index (χ2v) is 7.61. The fourth-order valence-corrected chi connectivity index (χ4v) is 4.72. The summed E-state index contributed by atoms with van der Waals surface area (Å²) in [5.74, 6) is 0. The van der Waals surface area contributed by atoms with E-state index in [4.69, 9.17) is 5.73 Å². The number of hydrogen-bond acceptors (Lipinski definition) is 7. The summed E-state index contributed by atoms with van der Waals surface area (Å²) in [6.07, 6.45) is 4.26. The van der Waals surface area contributed by atoms with Gasteiger partial charge in [-0.2, -0.15) is 0 Å². The van der Waals surface area contributed by atoms with Crippen molar-refractivity contribution in [3.8, 4) is 0 Å². The number of aryl methyl sites for hydroxylation is 2. The van der Waals surface area contributed by atoms with E-state index in [9.17, 15) is 4.79 Å². The maximum Gasteiger partial charge on any atom is 0.262 e. The lowest BCUT2D eigenvalue weighted by Crippen LogP contribution is -2.25. The molecule has 0 aliphatic carbocycles. The van der Waals surface area contributed by atoms with Crippen LogP contribution in [0.3, 0.4) is 0 Å². The molecule has 0 spiro atoms. The number of fused-ring (bicyclic) bond motifs is 3. The van der Waals surface area contributed by atoms with Gasteiger partial charge in [-0.15, -0.1) is 22.7 Å². The number of nitrogens with two attached hydrogens (primary N) is 1. The summed E-state index contributed by atoms with van der Waals surface area (Å²) in [4.78, 5) is 23.7. The van der Waals surface area contributed by atoms with Crippen LogP contribution in [0.1, 0.15) is 22.6 Å². The van der Waals surface area contributed by atoms with Gasteiger partial charge in [0.05, 0.1) is 17.4 Å². The molecular formula is C15H17N5OS2. The fourth-order valence-electron chi connectivity index (χ4n) is 2.98. The van der Waals surface area contributed by atoms with E-state index >= 15 is 0 Å². The molecule has 0 fully saturated rings. The molecule has 1 aliphatic heterocycles. The number of nitrogen functional groups attached to an aromatic ring is 1. The molecular weight excluding hydrogens is 330 g/mol. The van der Waals surface area contributed by atoms with Crippen LogP contribution < -0.4 is 16.6 Å². The quantitative estimate of drug-likeness (QED) is 0.751. The Balaban J connectivity index is 1.58. The molecule has 1 aliphatic rings. The van der Waals surface area contributed by atoms with E-state index in [0.717, 1.165) is 48.3 Å². The fraction of sp³-hybridized carbons (Fsp3) is 0.400. The van der Waals surface area contributed by atoms with Crippen molar-refractivity contribution >= 4 is 38.0 Å². The molecule has 0 amide bonds. The average molecular weight is 347 g/mol. The van der Waals surface area contributed by atoms with Crippen molar-refractivity contribution < 1.29 is 0 Å². The molecule has 4 rings (SSSR count). The number of thiazole rings is 1. The van der Waals surface area contributed by atoms with Gasteiger partial charge in [-0.05, 0) is 31.4 Å². The van der Waals surface area contributed by atoms with Crippen molar-refractivity contribution in [2.75, 3.05) is 12.3 Å². The maximum absolute atomic E-state index is 12.8. The zero-order valence-electron chi connectivity index (χ0n) is 12.5. The Bertz CT molecular complexity index is 910. The number of nitrogens with one attached hydrogen (secondary N) is 1. The third kappa shape index (κ3) is 2.77. The first-order chi connectivity index (χ1) is 11.2. The van der Waals surface area contributed by atoms with Gasteiger partial charge in [0.2, 0.25) is 0 Å². The lowest BCUT2D eigenvalue weighted by Gasteiger charge is -2.12. The molecule has 0 saturated carbocycles. The van der Waals surface area contributed by atoms with Crippen LogP contribution in [0.2, 0.25) is 0 Å². The van der Waals surface area contributed by atoms with Gasteiger partial charge in [0, 0.05) is 23.3 Å². The van der Waals surface area contributed by atoms with Crippen LogP contribution in [0, 0.1) is 0 Å². The molecule has 4 heterocycles. The van der Waals surface area contributed by atoms with Crippen molar-refractivity contribution in [2.45, 2.75) is 32.4 Å². The molecule has 0 bridgehead atoms. The minimum Gasteiger partial charge on any atom is -0.375 e. The first-order valence-electron chi connectivity index (χ1n) is 7.62. The minimum atomic E-state index is 0.0900. The van der Waals surface area contributed by atoms with Gasteiger partial charge in [0.25, 0.3) is 5.56 Å². The van der Waals surface area contributed by atoms with Crippen molar-refractivity contribution in [3.63, 3.8) is 0 Å². The summed E-state index contributed by atoms with van der Waals surface area (Å²) in [5.41, 5.74) is 7.92. The van der Waals surface area contributed by atoms with Crippen LogP contribution in [-0.4, -0.2) is 21.1 Å². The number of hydrogen-bond donors (Lipinski definition) is 2. The molecule has 120 valence electrons. The molecule has 3 aromatic heterocycles. The van der Waals surface area contributed by atoms with Gasteiger partial charge in [-0.3, -0.25) is 9.36 Å². The molecule has 0 aromatic carbocycles. The smallest absolute Gasteiger partial charge is 0.262 e. The van der Waals surface area contributed by atoms with Crippen LogP contribution in [0.25, 0.3) is 10.2 Å². The van der Waals surface area contributed by atoms with Crippen LogP contribution in [-0.2, 0) is 25.9 Å². The lowest BCUT2D eigenvalue weighted by atomic mass is 10.1. The SMILES string of the molecule is Nc1nc(CCCn2cnc3sc4c(c3c2=O)CCNC4)cs1. The zero-order valence-corrected chi connectivity index (χ0v) is 14.2. The van der Waals surface area contributed by atoms with Crippen molar-refractivity contribution in [2.24, 2.45) is 0 Å². The normalized spacial score (nSPS) is 14.3. The molecule has 3 aromatic rings. The highest BCUT2D eigenvalue weighted by molar-refractivity contribution is 7.18. The van der Waals surface area contributed by atoms with Gasteiger partial charge in [-0.1, -0.05) is 0 Å². The molecule has 6 nitrogen and oxygen atoms in total. The molecule has 0 saturated heterocycles.